The molecule has 0 bridgehead atoms. The topological polar surface area (TPSA) is 116 Å². The quantitative estimate of drug-likeness (QED) is 0.462. The summed E-state index contributed by atoms with van der Waals surface area (Å²) in [6.45, 7) is 0.0932. The zero-order valence-electron chi connectivity index (χ0n) is 17.5. The second kappa shape index (κ2) is 8.37. The van der Waals surface area contributed by atoms with Crippen LogP contribution >= 0.6 is 0 Å². The summed E-state index contributed by atoms with van der Waals surface area (Å²) in [5.74, 6) is 1.11. The minimum Gasteiger partial charge on any atom is -0.346 e. The highest BCUT2D eigenvalue weighted by atomic mass is 32.2. The number of aromatic nitrogens is 4. The van der Waals surface area contributed by atoms with Crippen molar-refractivity contribution in [3.63, 3.8) is 0 Å². The van der Waals surface area contributed by atoms with E-state index >= 15 is 0 Å². The lowest BCUT2D eigenvalue weighted by Gasteiger charge is -2.30. The lowest BCUT2D eigenvalue weighted by molar-refractivity contribution is 0.277. The van der Waals surface area contributed by atoms with Crippen LogP contribution in [0.4, 0.5) is 0 Å². The third-order valence-electron chi connectivity index (χ3n) is 6.34. The Labute approximate surface area is 186 Å². The maximum Gasteiger partial charge on any atom is 0.240 e. The number of rotatable bonds is 6. The Bertz CT molecular complexity index is 1390. The molecule has 0 saturated heterocycles. The lowest BCUT2D eigenvalue weighted by atomic mass is 9.84. The van der Waals surface area contributed by atoms with E-state index in [0.29, 0.717) is 18.2 Å². The molecule has 1 aliphatic rings. The summed E-state index contributed by atoms with van der Waals surface area (Å²) in [4.78, 5) is 12.6. The van der Waals surface area contributed by atoms with Gasteiger partial charge in [-0.15, -0.1) is 0 Å². The summed E-state index contributed by atoms with van der Waals surface area (Å²) in [5, 5.41) is 10.0. The second-order valence-electron chi connectivity index (χ2n) is 8.30. The SMILES string of the molecule is N#CC[C@H]1CC[C@H](n2c(CNS(=O)(=O)c3ccccc3)nc3cnc4[nH]ccc4c32)CC1. The fourth-order valence-electron chi connectivity index (χ4n) is 4.74. The van der Waals surface area contributed by atoms with Gasteiger partial charge in [0.15, 0.2) is 0 Å². The second-order valence-corrected chi connectivity index (χ2v) is 10.1. The van der Waals surface area contributed by atoms with E-state index in [0.717, 1.165) is 47.8 Å². The van der Waals surface area contributed by atoms with E-state index in [9.17, 15) is 8.42 Å². The molecule has 2 N–H and O–H groups in total. The first kappa shape index (κ1) is 20.7. The largest absolute Gasteiger partial charge is 0.346 e. The van der Waals surface area contributed by atoms with Crippen molar-refractivity contribution in [2.75, 3.05) is 0 Å². The Hall–Kier alpha value is -3.22. The Morgan fingerprint density at radius 2 is 1.94 bits per heavy atom. The lowest BCUT2D eigenvalue weighted by Crippen LogP contribution is -2.27. The van der Waals surface area contributed by atoms with Gasteiger partial charge in [0.1, 0.15) is 17.0 Å². The van der Waals surface area contributed by atoms with Crippen molar-refractivity contribution in [3.05, 3.63) is 54.6 Å². The molecule has 1 fully saturated rings. The number of benzene rings is 1. The molecule has 0 aliphatic heterocycles. The minimum absolute atomic E-state index is 0.0932. The Morgan fingerprint density at radius 1 is 1.16 bits per heavy atom. The molecule has 0 amide bonds. The van der Waals surface area contributed by atoms with Crippen LogP contribution in [-0.4, -0.2) is 27.9 Å². The van der Waals surface area contributed by atoms with Crippen LogP contribution in [0.15, 0.2) is 53.7 Å². The molecule has 32 heavy (non-hydrogen) atoms. The first-order valence-corrected chi connectivity index (χ1v) is 12.3. The van der Waals surface area contributed by atoms with Gasteiger partial charge < -0.3 is 9.55 Å². The van der Waals surface area contributed by atoms with Gasteiger partial charge in [0, 0.05) is 24.0 Å². The van der Waals surface area contributed by atoms with Gasteiger partial charge in [-0.25, -0.2) is 23.1 Å². The molecule has 9 heteroatoms. The fourth-order valence-corrected chi connectivity index (χ4v) is 5.74. The minimum atomic E-state index is -3.65. The van der Waals surface area contributed by atoms with Crippen molar-refractivity contribution >= 4 is 32.1 Å². The number of sulfonamides is 1. The highest BCUT2D eigenvalue weighted by Gasteiger charge is 2.27. The number of pyridine rings is 1. The molecule has 1 aromatic carbocycles. The molecule has 3 aromatic heterocycles. The number of hydrogen-bond acceptors (Lipinski definition) is 5. The first-order chi connectivity index (χ1) is 15.6. The number of nitriles is 1. The summed E-state index contributed by atoms with van der Waals surface area (Å²) in [6.07, 6.45) is 8.02. The molecule has 1 saturated carbocycles. The number of fused-ring (bicyclic) bond motifs is 3. The molecule has 4 aromatic rings. The van der Waals surface area contributed by atoms with Crippen LogP contribution in [0.1, 0.15) is 44.0 Å². The number of aromatic amines is 1. The Morgan fingerprint density at radius 3 is 2.69 bits per heavy atom. The molecular formula is C23H24N6O2S. The molecule has 3 heterocycles. The maximum atomic E-state index is 12.8. The van der Waals surface area contributed by atoms with Crippen LogP contribution < -0.4 is 4.72 Å². The highest BCUT2D eigenvalue weighted by molar-refractivity contribution is 7.89. The molecule has 0 radical (unpaired) electrons. The standard InChI is InChI=1S/C23H24N6O2S/c24-12-10-16-6-8-17(9-7-16)29-21(15-27-32(30,31)18-4-2-1-3-5-18)28-20-14-26-23-19(22(20)29)11-13-25-23/h1-5,11,13-14,16-17,27H,6-10,15H2,(H,25,26)/t16-,17-. The maximum absolute atomic E-state index is 12.8. The van der Waals surface area contributed by atoms with E-state index in [1.54, 1.807) is 36.5 Å². The number of hydrogen-bond donors (Lipinski definition) is 2. The van der Waals surface area contributed by atoms with Crippen molar-refractivity contribution in [1.29, 1.82) is 5.26 Å². The third kappa shape index (κ3) is 3.76. The normalized spacial score (nSPS) is 19.3. The molecule has 164 valence electrons. The number of imidazole rings is 1. The summed E-state index contributed by atoms with van der Waals surface area (Å²) < 4.78 is 30.5. The van der Waals surface area contributed by atoms with Gasteiger partial charge in [-0.3, -0.25) is 0 Å². The van der Waals surface area contributed by atoms with Crippen LogP contribution in [0.5, 0.6) is 0 Å². The number of nitrogens with zero attached hydrogens (tertiary/aromatic N) is 4. The molecular weight excluding hydrogens is 424 g/mol. The van der Waals surface area contributed by atoms with Crippen LogP contribution in [-0.2, 0) is 16.6 Å². The van der Waals surface area contributed by atoms with Gasteiger partial charge in [-0.05, 0) is 49.8 Å². The van der Waals surface area contributed by atoms with Crippen LogP contribution in [0.25, 0.3) is 22.1 Å². The Balaban J connectivity index is 1.52. The smallest absolute Gasteiger partial charge is 0.240 e. The van der Waals surface area contributed by atoms with Gasteiger partial charge in [0.25, 0.3) is 0 Å². The van der Waals surface area contributed by atoms with Crippen molar-refractivity contribution < 1.29 is 8.42 Å². The first-order valence-electron chi connectivity index (χ1n) is 10.8. The molecule has 1 aliphatic carbocycles. The summed E-state index contributed by atoms with van der Waals surface area (Å²) >= 11 is 0. The zero-order chi connectivity index (χ0) is 22.1. The van der Waals surface area contributed by atoms with Crippen LogP contribution in [0.2, 0.25) is 0 Å². The summed E-state index contributed by atoms with van der Waals surface area (Å²) in [7, 11) is -3.65. The average Bonchev–Trinajstić information content (AvgIpc) is 3.43. The zero-order valence-corrected chi connectivity index (χ0v) is 18.3. The van der Waals surface area contributed by atoms with E-state index in [1.807, 2.05) is 12.3 Å². The van der Waals surface area contributed by atoms with Gasteiger partial charge in [-0.2, -0.15) is 5.26 Å². The van der Waals surface area contributed by atoms with Gasteiger partial charge >= 0.3 is 0 Å². The number of H-pyrrole nitrogens is 1. The van der Waals surface area contributed by atoms with E-state index in [4.69, 9.17) is 10.2 Å². The highest BCUT2D eigenvalue weighted by Crippen LogP contribution is 2.37. The summed E-state index contributed by atoms with van der Waals surface area (Å²) in [5.41, 5.74) is 2.52. The number of nitrogens with one attached hydrogen (secondary N) is 2. The third-order valence-corrected chi connectivity index (χ3v) is 7.76. The van der Waals surface area contributed by atoms with Crippen LogP contribution in [0, 0.1) is 17.2 Å². The molecule has 5 rings (SSSR count). The fraction of sp³-hybridized carbons (Fsp3) is 0.348. The molecule has 0 atom stereocenters. The molecule has 8 nitrogen and oxygen atoms in total. The Kier molecular flexibility index (Phi) is 5.41. The molecule has 0 spiro atoms. The van der Waals surface area contributed by atoms with Crippen molar-refractivity contribution in [3.8, 4) is 6.07 Å². The van der Waals surface area contributed by atoms with Crippen molar-refractivity contribution in [2.24, 2.45) is 5.92 Å². The van der Waals surface area contributed by atoms with E-state index in [2.05, 4.69) is 25.3 Å². The van der Waals surface area contributed by atoms with Gasteiger partial charge in [-0.1, -0.05) is 18.2 Å². The van der Waals surface area contributed by atoms with Crippen LogP contribution in [0.3, 0.4) is 0 Å². The van der Waals surface area contributed by atoms with Crippen molar-refractivity contribution in [2.45, 2.75) is 49.6 Å². The predicted molar refractivity (Wildman–Crippen MR) is 121 cm³/mol. The van der Waals surface area contributed by atoms with E-state index in [-0.39, 0.29) is 17.5 Å². The predicted octanol–water partition coefficient (Wildman–Crippen LogP) is 4.04. The van der Waals surface area contributed by atoms with E-state index in [1.165, 1.54) is 0 Å². The van der Waals surface area contributed by atoms with Gasteiger partial charge in [0.05, 0.1) is 29.2 Å². The average molecular weight is 449 g/mol. The van der Waals surface area contributed by atoms with Gasteiger partial charge in [0.2, 0.25) is 10.0 Å². The van der Waals surface area contributed by atoms with E-state index < -0.39 is 10.0 Å². The monoisotopic (exact) mass is 448 g/mol. The molecule has 0 unspecified atom stereocenters. The summed E-state index contributed by atoms with van der Waals surface area (Å²) in [6, 6.07) is 12.8. The van der Waals surface area contributed by atoms with Crippen molar-refractivity contribution in [1.82, 2.24) is 24.2 Å².